The highest BCUT2D eigenvalue weighted by Crippen LogP contribution is 2.28. The van der Waals surface area contributed by atoms with Gasteiger partial charge < -0.3 is 4.57 Å². The third-order valence-electron chi connectivity index (χ3n) is 3.82. The summed E-state index contributed by atoms with van der Waals surface area (Å²) in [5.74, 6) is 0. The van der Waals surface area contributed by atoms with Crippen molar-refractivity contribution in [3.05, 3.63) is 48.0 Å². The van der Waals surface area contributed by atoms with Gasteiger partial charge in [0.05, 0.1) is 16.6 Å². The van der Waals surface area contributed by atoms with E-state index in [1.807, 2.05) is 24.3 Å². The van der Waals surface area contributed by atoms with Crippen LogP contribution in [-0.4, -0.2) is 14.5 Å². The van der Waals surface area contributed by atoms with Gasteiger partial charge in [-0.1, -0.05) is 23.8 Å². The number of benzene rings is 2. The second-order valence-electron chi connectivity index (χ2n) is 5.15. The van der Waals surface area contributed by atoms with Crippen LogP contribution in [0.5, 0.6) is 0 Å². The molecule has 2 aromatic heterocycles. The Balaban J connectivity index is 2.28. The van der Waals surface area contributed by atoms with Crippen LogP contribution in [-0.2, 0) is 6.54 Å². The molecule has 0 atom stereocenters. The Labute approximate surface area is 116 Å². The molecule has 0 saturated heterocycles. The van der Waals surface area contributed by atoms with Gasteiger partial charge in [-0.25, -0.2) is 9.97 Å². The van der Waals surface area contributed by atoms with E-state index in [4.69, 9.17) is 9.97 Å². The van der Waals surface area contributed by atoms with E-state index < -0.39 is 0 Å². The Bertz CT molecular complexity index is 951. The average molecular weight is 261 g/mol. The van der Waals surface area contributed by atoms with Crippen LogP contribution in [0.15, 0.2) is 42.5 Å². The Kier molecular flexibility index (Phi) is 2.30. The highest BCUT2D eigenvalue weighted by molar-refractivity contribution is 6.06. The number of fused-ring (bicyclic) bond motifs is 4. The van der Waals surface area contributed by atoms with Crippen molar-refractivity contribution in [2.45, 2.75) is 20.4 Å². The molecule has 4 aromatic rings. The van der Waals surface area contributed by atoms with Crippen molar-refractivity contribution in [1.82, 2.24) is 14.5 Å². The molecule has 98 valence electrons. The molecule has 3 nitrogen and oxygen atoms in total. The van der Waals surface area contributed by atoms with Gasteiger partial charge in [-0.05, 0) is 38.1 Å². The highest BCUT2D eigenvalue weighted by atomic mass is 15.1. The number of hydrogen-bond donors (Lipinski definition) is 0. The summed E-state index contributed by atoms with van der Waals surface area (Å²) in [6.45, 7) is 5.16. The van der Waals surface area contributed by atoms with Gasteiger partial charge in [-0.3, -0.25) is 0 Å². The zero-order valence-electron chi connectivity index (χ0n) is 11.6. The van der Waals surface area contributed by atoms with Gasteiger partial charge in [0.15, 0.2) is 5.65 Å². The third kappa shape index (κ3) is 1.46. The molecule has 4 rings (SSSR count). The van der Waals surface area contributed by atoms with Gasteiger partial charge in [-0.15, -0.1) is 0 Å². The average Bonchev–Trinajstić information content (AvgIpc) is 2.77. The van der Waals surface area contributed by atoms with Crippen molar-refractivity contribution >= 4 is 33.1 Å². The molecule has 0 aliphatic heterocycles. The van der Waals surface area contributed by atoms with Crippen LogP contribution in [0.2, 0.25) is 0 Å². The van der Waals surface area contributed by atoms with Gasteiger partial charge in [0.1, 0.15) is 5.52 Å². The topological polar surface area (TPSA) is 30.7 Å². The first-order chi connectivity index (χ1) is 9.78. The van der Waals surface area contributed by atoms with Crippen LogP contribution in [0.3, 0.4) is 0 Å². The Hall–Kier alpha value is -2.42. The molecule has 0 N–H and O–H groups in total. The summed E-state index contributed by atoms with van der Waals surface area (Å²) in [7, 11) is 0. The van der Waals surface area contributed by atoms with Crippen LogP contribution in [0, 0.1) is 6.92 Å². The maximum absolute atomic E-state index is 4.83. The van der Waals surface area contributed by atoms with E-state index in [-0.39, 0.29) is 0 Å². The van der Waals surface area contributed by atoms with Gasteiger partial charge in [-0.2, -0.15) is 0 Å². The van der Waals surface area contributed by atoms with Crippen LogP contribution in [0.25, 0.3) is 33.1 Å². The van der Waals surface area contributed by atoms with Crippen LogP contribution < -0.4 is 0 Å². The van der Waals surface area contributed by atoms with E-state index >= 15 is 0 Å². The fourth-order valence-electron chi connectivity index (χ4n) is 2.87. The Morgan fingerprint density at radius 1 is 1.00 bits per heavy atom. The largest absolute Gasteiger partial charge is 0.324 e. The van der Waals surface area contributed by atoms with E-state index in [1.54, 1.807) is 0 Å². The molecule has 0 aliphatic carbocycles. The minimum absolute atomic E-state index is 0.899. The molecule has 0 aliphatic rings. The molecule has 0 bridgehead atoms. The van der Waals surface area contributed by atoms with Crippen LogP contribution in [0.1, 0.15) is 12.5 Å². The molecule has 0 amide bonds. The summed E-state index contributed by atoms with van der Waals surface area (Å²) in [5, 5.41) is 1.19. The molecule has 2 heterocycles. The fraction of sp³-hybridized carbons (Fsp3) is 0.176. The lowest BCUT2D eigenvalue weighted by atomic mass is 10.1. The SMILES string of the molecule is CCn1c2ccc(C)cc2c2nc3ccccc3nc21. The zero-order valence-corrected chi connectivity index (χ0v) is 11.6. The van der Waals surface area contributed by atoms with Gasteiger partial charge in [0.25, 0.3) is 0 Å². The normalized spacial score (nSPS) is 11.7. The Morgan fingerprint density at radius 3 is 2.50 bits per heavy atom. The number of para-hydroxylation sites is 2. The van der Waals surface area contributed by atoms with Crippen molar-refractivity contribution < 1.29 is 0 Å². The molecular weight excluding hydrogens is 246 g/mol. The van der Waals surface area contributed by atoms with E-state index in [0.29, 0.717) is 0 Å². The second-order valence-corrected chi connectivity index (χ2v) is 5.15. The quantitative estimate of drug-likeness (QED) is 0.517. The van der Waals surface area contributed by atoms with Gasteiger partial charge >= 0.3 is 0 Å². The zero-order chi connectivity index (χ0) is 13.7. The summed E-state index contributed by atoms with van der Waals surface area (Å²) in [6.07, 6.45) is 0. The molecule has 0 radical (unpaired) electrons. The summed E-state index contributed by atoms with van der Waals surface area (Å²) in [5.41, 5.74) is 6.35. The molecular formula is C17H15N3. The first-order valence-electron chi connectivity index (χ1n) is 6.93. The summed E-state index contributed by atoms with van der Waals surface area (Å²) >= 11 is 0. The predicted molar refractivity (Wildman–Crippen MR) is 83.0 cm³/mol. The smallest absolute Gasteiger partial charge is 0.160 e. The number of rotatable bonds is 1. The number of aromatic nitrogens is 3. The molecule has 0 spiro atoms. The third-order valence-corrected chi connectivity index (χ3v) is 3.82. The standard InChI is InChI=1S/C17H15N3/c1-3-20-15-9-8-11(2)10-12(15)16-17(20)19-14-7-5-4-6-13(14)18-16/h4-10H,3H2,1-2H3. The summed E-state index contributed by atoms with van der Waals surface area (Å²) < 4.78 is 2.24. The maximum Gasteiger partial charge on any atom is 0.160 e. The van der Waals surface area contributed by atoms with Crippen molar-refractivity contribution in [3.63, 3.8) is 0 Å². The lowest BCUT2D eigenvalue weighted by molar-refractivity contribution is 0.817. The fourth-order valence-corrected chi connectivity index (χ4v) is 2.87. The molecule has 0 saturated carbocycles. The minimum Gasteiger partial charge on any atom is -0.324 e. The molecule has 2 aromatic carbocycles. The monoisotopic (exact) mass is 261 g/mol. The van der Waals surface area contributed by atoms with Crippen molar-refractivity contribution in [3.8, 4) is 0 Å². The lowest BCUT2D eigenvalue weighted by Crippen LogP contribution is -1.96. The summed E-state index contributed by atoms with van der Waals surface area (Å²) in [4.78, 5) is 9.65. The lowest BCUT2D eigenvalue weighted by Gasteiger charge is -2.02. The predicted octanol–water partition coefficient (Wildman–Crippen LogP) is 4.07. The van der Waals surface area contributed by atoms with Crippen molar-refractivity contribution in [2.24, 2.45) is 0 Å². The first kappa shape index (κ1) is 11.4. The van der Waals surface area contributed by atoms with Crippen molar-refractivity contribution in [1.29, 1.82) is 0 Å². The number of nitrogens with zero attached hydrogens (tertiary/aromatic N) is 3. The second kappa shape index (κ2) is 4.04. The van der Waals surface area contributed by atoms with Crippen molar-refractivity contribution in [2.75, 3.05) is 0 Å². The van der Waals surface area contributed by atoms with E-state index in [2.05, 4.69) is 36.6 Å². The maximum atomic E-state index is 4.83. The minimum atomic E-state index is 0.899. The van der Waals surface area contributed by atoms with Crippen LogP contribution >= 0.6 is 0 Å². The van der Waals surface area contributed by atoms with Crippen LogP contribution in [0.4, 0.5) is 0 Å². The van der Waals surface area contributed by atoms with Gasteiger partial charge in [0.2, 0.25) is 0 Å². The van der Waals surface area contributed by atoms with E-state index in [9.17, 15) is 0 Å². The molecule has 20 heavy (non-hydrogen) atoms. The molecule has 0 fully saturated rings. The number of aryl methyl sites for hydroxylation is 2. The molecule has 0 unspecified atom stereocenters. The summed E-state index contributed by atoms with van der Waals surface area (Å²) in [6, 6.07) is 14.6. The van der Waals surface area contributed by atoms with E-state index in [1.165, 1.54) is 16.5 Å². The highest BCUT2D eigenvalue weighted by Gasteiger charge is 2.13. The Morgan fingerprint density at radius 2 is 1.75 bits per heavy atom. The number of hydrogen-bond acceptors (Lipinski definition) is 2. The molecule has 3 heteroatoms. The van der Waals surface area contributed by atoms with Gasteiger partial charge in [0, 0.05) is 11.9 Å². The van der Waals surface area contributed by atoms with E-state index in [0.717, 1.165) is 28.7 Å². The first-order valence-corrected chi connectivity index (χ1v) is 6.93.